The van der Waals surface area contributed by atoms with E-state index in [0.29, 0.717) is 12.1 Å². The molecule has 6 heteroatoms. The SMILES string of the molecule is COc1cc2c(cc1CNC(=O)c1cnn3c1CCCC3)O[C@@H](C)C2. The lowest BCUT2D eigenvalue weighted by molar-refractivity contribution is 0.0949. The number of amides is 1. The van der Waals surface area contributed by atoms with Crippen LogP contribution in [0.15, 0.2) is 18.3 Å². The van der Waals surface area contributed by atoms with Crippen molar-refractivity contribution >= 4 is 5.91 Å². The van der Waals surface area contributed by atoms with E-state index < -0.39 is 0 Å². The fourth-order valence-electron chi connectivity index (χ4n) is 3.69. The van der Waals surface area contributed by atoms with Crippen LogP contribution >= 0.6 is 0 Å². The minimum Gasteiger partial charge on any atom is -0.496 e. The molecule has 0 aliphatic carbocycles. The minimum absolute atomic E-state index is 0.0833. The highest BCUT2D eigenvalue weighted by atomic mass is 16.5. The first kappa shape index (κ1) is 16.0. The van der Waals surface area contributed by atoms with E-state index in [1.54, 1.807) is 13.3 Å². The van der Waals surface area contributed by atoms with Gasteiger partial charge in [-0.25, -0.2) is 0 Å². The molecule has 2 aliphatic heterocycles. The zero-order valence-corrected chi connectivity index (χ0v) is 14.7. The number of nitrogens with one attached hydrogen (secondary N) is 1. The Hall–Kier alpha value is -2.50. The number of fused-ring (bicyclic) bond motifs is 2. The molecule has 1 amide bonds. The van der Waals surface area contributed by atoms with Gasteiger partial charge in [-0.05, 0) is 38.3 Å². The molecule has 0 spiro atoms. The number of hydrogen-bond acceptors (Lipinski definition) is 4. The van der Waals surface area contributed by atoms with Gasteiger partial charge in [0.25, 0.3) is 5.91 Å². The fourth-order valence-corrected chi connectivity index (χ4v) is 3.69. The molecule has 0 bridgehead atoms. The molecule has 1 aromatic carbocycles. The maximum Gasteiger partial charge on any atom is 0.255 e. The molecule has 0 saturated heterocycles. The van der Waals surface area contributed by atoms with E-state index in [1.165, 1.54) is 0 Å². The van der Waals surface area contributed by atoms with E-state index in [9.17, 15) is 4.79 Å². The van der Waals surface area contributed by atoms with Crippen LogP contribution in [0.5, 0.6) is 11.5 Å². The summed E-state index contributed by atoms with van der Waals surface area (Å²) in [6.07, 6.45) is 5.90. The number of nitrogens with zero attached hydrogens (tertiary/aromatic N) is 2. The molecule has 2 aromatic rings. The second kappa shape index (κ2) is 6.43. The van der Waals surface area contributed by atoms with Gasteiger partial charge in [0, 0.05) is 30.6 Å². The molecule has 25 heavy (non-hydrogen) atoms. The maximum absolute atomic E-state index is 12.6. The lowest BCUT2D eigenvalue weighted by Gasteiger charge is -2.15. The molecule has 132 valence electrons. The van der Waals surface area contributed by atoms with E-state index in [1.807, 2.05) is 16.8 Å². The number of carbonyl (C=O) groups excluding carboxylic acids is 1. The van der Waals surface area contributed by atoms with Crippen molar-refractivity contribution in [1.29, 1.82) is 0 Å². The number of benzene rings is 1. The first-order chi connectivity index (χ1) is 12.2. The average Bonchev–Trinajstić information content (AvgIpc) is 3.20. The van der Waals surface area contributed by atoms with Crippen LogP contribution in [0, 0.1) is 0 Å². The van der Waals surface area contributed by atoms with Crippen molar-refractivity contribution in [1.82, 2.24) is 15.1 Å². The third kappa shape index (κ3) is 2.97. The smallest absolute Gasteiger partial charge is 0.255 e. The van der Waals surface area contributed by atoms with E-state index in [4.69, 9.17) is 9.47 Å². The normalized spacial score (nSPS) is 18.2. The standard InChI is InChI=1S/C19H23N3O3/c1-12-7-13-8-17(24-2)14(9-18(13)25-12)10-20-19(23)15-11-21-22-6-4-3-5-16(15)22/h8-9,11-12H,3-7,10H2,1-2H3,(H,20,23)/t12-/m0/s1. The Morgan fingerprint density at radius 2 is 2.32 bits per heavy atom. The predicted octanol–water partition coefficient (Wildman–Crippen LogP) is 2.48. The van der Waals surface area contributed by atoms with Crippen LogP contribution in [0.25, 0.3) is 0 Å². The van der Waals surface area contributed by atoms with E-state index >= 15 is 0 Å². The fraction of sp³-hybridized carbons (Fsp3) is 0.474. The summed E-state index contributed by atoms with van der Waals surface area (Å²) in [5, 5.41) is 7.33. The van der Waals surface area contributed by atoms with Crippen LogP contribution in [0.4, 0.5) is 0 Å². The summed E-state index contributed by atoms with van der Waals surface area (Å²) in [6.45, 7) is 3.35. The van der Waals surface area contributed by atoms with Crippen LogP contribution in [0.1, 0.15) is 46.9 Å². The van der Waals surface area contributed by atoms with Gasteiger partial charge in [-0.15, -0.1) is 0 Å². The van der Waals surface area contributed by atoms with E-state index in [-0.39, 0.29) is 12.0 Å². The Bertz CT molecular complexity index is 812. The van der Waals surface area contributed by atoms with Gasteiger partial charge in [0.05, 0.1) is 24.6 Å². The summed E-state index contributed by atoms with van der Waals surface area (Å²) < 4.78 is 13.3. The highest BCUT2D eigenvalue weighted by molar-refractivity contribution is 5.95. The third-order valence-electron chi connectivity index (χ3n) is 4.97. The Balaban J connectivity index is 1.51. The van der Waals surface area contributed by atoms with Gasteiger partial charge < -0.3 is 14.8 Å². The molecule has 0 radical (unpaired) electrons. The van der Waals surface area contributed by atoms with Gasteiger partial charge in [-0.3, -0.25) is 9.48 Å². The quantitative estimate of drug-likeness (QED) is 0.928. The summed E-state index contributed by atoms with van der Waals surface area (Å²) in [6, 6.07) is 3.99. The first-order valence-electron chi connectivity index (χ1n) is 8.85. The minimum atomic E-state index is -0.0833. The Morgan fingerprint density at radius 1 is 1.44 bits per heavy atom. The highest BCUT2D eigenvalue weighted by Crippen LogP contribution is 2.35. The molecule has 2 aliphatic rings. The van der Waals surface area contributed by atoms with Crippen molar-refractivity contribution in [3.8, 4) is 11.5 Å². The van der Waals surface area contributed by atoms with Gasteiger partial charge >= 0.3 is 0 Å². The largest absolute Gasteiger partial charge is 0.496 e. The molecule has 1 atom stereocenters. The zero-order valence-electron chi connectivity index (χ0n) is 14.7. The molecule has 1 N–H and O–H groups in total. The molecular formula is C19H23N3O3. The summed E-state index contributed by atoms with van der Waals surface area (Å²) in [5.41, 5.74) is 3.81. The highest BCUT2D eigenvalue weighted by Gasteiger charge is 2.23. The number of aromatic nitrogens is 2. The molecule has 6 nitrogen and oxygen atoms in total. The number of hydrogen-bond donors (Lipinski definition) is 1. The average molecular weight is 341 g/mol. The van der Waals surface area contributed by atoms with Gasteiger partial charge in [0.15, 0.2) is 0 Å². The summed E-state index contributed by atoms with van der Waals surface area (Å²) in [5.74, 6) is 1.59. The molecule has 4 rings (SSSR count). The summed E-state index contributed by atoms with van der Waals surface area (Å²) in [4.78, 5) is 12.6. The molecular weight excluding hydrogens is 318 g/mol. The number of methoxy groups -OCH3 is 1. The van der Waals surface area contributed by atoms with Gasteiger partial charge in [0.1, 0.15) is 17.6 Å². The zero-order chi connectivity index (χ0) is 17.4. The van der Waals surface area contributed by atoms with Crippen LogP contribution < -0.4 is 14.8 Å². The van der Waals surface area contributed by atoms with Crippen molar-refractivity contribution in [2.45, 2.75) is 51.8 Å². The molecule has 3 heterocycles. The van der Waals surface area contributed by atoms with Crippen molar-refractivity contribution in [3.63, 3.8) is 0 Å². The summed E-state index contributed by atoms with van der Waals surface area (Å²) >= 11 is 0. The van der Waals surface area contributed by atoms with Crippen LogP contribution in [-0.2, 0) is 25.9 Å². The van der Waals surface area contributed by atoms with Crippen LogP contribution in [-0.4, -0.2) is 28.9 Å². The maximum atomic E-state index is 12.6. The molecule has 0 fully saturated rings. The monoisotopic (exact) mass is 341 g/mol. The second-order valence-corrected chi connectivity index (χ2v) is 6.77. The Labute approximate surface area is 147 Å². The number of rotatable bonds is 4. The summed E-state index contributed by atoms with van der Waals surface area (Å²) in [7, 11) is 1.65. The number of aryl methyl sites for hydroxylation is 1. The van der Waals surface area contributed by atoms with Crippen LogP contribution in [0.2, 0.25) is 0 Å². The molecule has 0 saturated carbocycles. The van der Waals surface area contributed by atoms with Gasteiger partial charge in [0.2, 0.25) is 0 Å². The lowest BCUT2D eigenvalue weighted by atomic mass is 10.1. The Morgan fingerprint density at radius 3 is 3.16 bits per heavy atom. The lowest BCUT2D eigenvalue weighted by Crippen LogP contribution is -2.25. The van der Waals surface area contributed by atoms with Crippen molar-refractivity contribution < 1.29 is 14.3 Å². The number of ether oxygens (including phenoxy) is 2. The van der Waals surface area contributed by atoms with E-state index in [2.05, 4.69) is 17.3 Å². The van der Waals surface area contributed by atoms with Gasteiger partial charge in [-0.1, -0.05) is 0 Å². The van der Waals surface area contributed by atoms with Crippen molar-refractivity contribution in [2.24, 2.45) is 0 Å². The van der Waals surface area contributed by atoms with Crippen LogP contribution in [0.3, 0.4) is 0 Å². The van der Waals surface area contributed by atoms with Crippen molar-refractivity contribution in [3.05, 3.63) is 40.7 Å². The van der Waals surface area contributed by atoms with E-state index in [0.717, 1.165) is 60.5 Å². The first-order valence-corrected chi connectivity index (χ1v) is 8.85. The van der Waals surface area contributed by atoms with Gasteiger partial charge in [-0.2, -0.15) is 5.10 Å². The number of carbonyl (C=O) groups is 1. The Kier molecular flexibility index (Phi) is 4.11. The molecule has 1 aromatic heterocycles. The topological polar surface area (TPSA) is 65.4 Å². The third-order valence-corrected chi connectivity index (χ3v) is 4.97. The van der Waals surface area contributed by atoms with Crippen molar-refractivity contribution in [2.75, 3.05) is 7.11 Å². The predicted molar refractivity (Wildman–Crippen MR) is 93.1 cm³/mol. The molecule has 0 unspecified atom stereocenters. The second-order valence-electron chi connectivity index (χ2n) is 6.77.